The van der Waals surface area contributed by atoms with Crippen LogP contribution in [0.5, 0.6) is 0 Å². The van der Waals surface area contributed by atoms with Crippen molar-refractivity contribution in [3.8, 4) is 0 Å². The van der Waals surface area contributed by atoms with E-state index in [0.29, 0.717) is 0 Å². The van der Waals surface area contributed by atoms with E-state index in [2.05, 4.69) is 11.7 Å². The van der Waals surface area contributed by atoms with Crippen molar-refractivity contribution >= 4 is 0 Å². The van der Waals surface area contributed by atoms with Crippen molar-refractivity contribution in [3.05, 3.63) is 17.0 Å². The molecule has 0 aromatic rings. The van der Waals surface area contributed by atoms with E-state index in [4.69, 9.17) is 0 Å². The summed E-state index contributed by atoms with van der Waals surface area (Å²) in [6.45, 7) is 4.77. The van der Waals surface area contributed by atoms with Crippen molar-refractivity contribution in [1.29, 1.82) is 0 Å². The molecule has 0 aromatic heterocycles. The fraction of sp³-hybridized carbons (Fsp3) is 0.750. The Bertz CT molecular complexity index is 140. The fourth-order valence-electron chi connectivity index (χ4n) is 0.415. The van der Waals surface area contributed by atoms with Gasteiger partial charge in [0.25, 0.3) is 0 Å². The second kappa shape index (κ2) is 2.60. The Morgan fingerprint density at radius 2 is 2.22 bits per heavy atom. The molecule has 9 heavy (non-hydrogen) atoms. The molecule has 1 aliphatic heterocycles. The molecule has 1 fully saturated rings. The van der Waals surface area contributed by atoms with Crippen molar-refractivity contribution in [2.24, 2.45) is 0 Å². The number of rotatable bonds is 1. The van der Waals surface area contributed by atoms with Gasteiger partial charge in [-0.2, -0.15) is 0 Å². The molecule has 0 amide bonds. The maximum Gasteiger partial charge on any atom is 0.318 e. The Kier molecular flexibility index (Phi) is 2.74. The van der Waals surface area contributed by atoms with Gasteiger partial charge in [-0.3, -0.25) is 10.1 Å². The van der Waals surface area contributed by atoms with Crippen LogP contribution >= 0.6 is 0 Å². The average molecular weight is 205 g/mol. The van der Waals surface area contributed by atoms with Crippen LogP contribution in [0.25, 0.3) is 0 Å². The third-order valence-electron chi connectivity index (χ3n) is 1.28. The van der Waals surface area contributed by atoms with Gasteiger partial charge in [0.1, 0.15) is 0 Å². The topological polar surface area (TPSA) is 55.7 Å². The van der Waals surface area contributed by atoms with Gasteiger partial charge in [-0.1, -0.05) is 0 Å². The first kappa shape index (κ1) is 9.46. The quantitative estimate of drug-likeness (QED) is 0.266. The molecular formula is C4H6NO3Y-. The molecule has 1 saturated heterocycles. The molecule has 1 rings (SSSR count). The van der Waals surface area contributed by atoms with Gasteiger partial charge >= 0.3 is 5.72 Å². The Labute approximate surface area is 78.0 Å². The summed E-state index contributed by atoms with van der Waals surface area (Å²) in [6, 6.07) is 0. The van der Waals surface area contributed by atoms with Gasteiger partial charge in [0, 0.05) is 45.7 Å². The number of hydrogen-bond donors (Lipinski definition) is 0. The Balaban J connectivity index is 0.000000640. The van der Waals surface area contributed by atoms with E-state index in [1.165, 1.54) is 6.92 Å². The van der Waals surface area contributed by atoms with Gasteiger partial charge in [0.15, 0.2) is 0 Å². The number of nitro groups is 1. The fourth-order valence-corrected chi connectivity index (χ4v) is 0.415. The van der Waals surface area contributed by atoms with Crippen LogP contribution in [0, 0.1) is 17.0 Å². The van der Waals surface area contributed by atoms with Gasteiger partial charge in [0.05, 0.1) is 4.92 Å². The first-order valence-electron chi connectivity index (χ1n) is 2.23. The van der Waals surface area contributed by atoms with Crippen molar-refractivity contribution in [3.63, 3.8) is 0 Å². The zero-order valence-electron chi connectivity index (χ0n) is 5.03. The van der Waals surface area contributed by atoms with E-state index in [-0.39, 0.29) is 32.7 Å². The summed E-state index contributed by atoms with van der Waals surface area (Å²) < 4.78 is 4.56. The number of nitrogens with zero attached hydrogens (tertiary/aromatic N) is 1. The van der Waals surface area contributed by atoms with Crippen LogP contribution in [-0.4, -0.2) is 16.8 Å². The molecule has 49 valence electrons. The molecule has 5 heteroatoms. The van der Waals surface area contributed by atoms with E-state index in [1.54, 1.807) is 0 Å². The van der Waals surface area contributed by atoms with Crippen molar-refractivity contribution < 1.29 is 42.4 Å². The summed E-state index contributed by atoms with van der Waals surface area (Å²) >= 11 is 0. The maximum absolute atomic E-state index is 9.93. The summed E-state index contributed by atoms with van der Waals surface area (Å²) in [4.78, 5) is 9.47. The molecular weight excluding hydrogens is 199 g/mol. The van der Waals surface area contributed by atoms with Gasteiger partial charge < -0.3 is 11.7 Å². The number of epoxide rings is 1. The van der Waals surface area contributed by atoms with Crippen LogP contribution < -0.4 is 0 Å². The average Bonchev–Trinajstić information content (AvgIpc) is 2.17. The molecule has 0 bridgehead atoms. The zero-order valence-corrected chi connectivity index (χ0v) is 7.87. The molecule has 0 saturated carbocycles. The third kappa shape index (κ3) is 1.48. The minimum atomic E-state index is -1.18. The van der Waals surface area contributed by atoms with Crippen LogP contribution in [0.15, 0.2) is 0 Å². The van der Waals surface area contributed by atoms with Crippen molar-refractivity contribution in [2.45, 2.75) is 18.8 Å². The summed E-state index contributed by atoms with van der Waals surface area (Å²) in [5.74, 6) is 0. The molecule has 1 radical (unpaired) electrons. The smallest absolute Gasteiger partial charge is 0.318 e. The first-order chi connectivity index (χ1) is 3.57. The van der Waals surface area contributed by atoms with E-state index >= 15 is 0 Å². The first-order valence-corrected chi connectivity index (χ1v) is 2.23. The minimum absolute atomic E-state index is 0. The third-order valence-corrected chi connectivity index (χ3v) is 1.28. The summed E-state index contributed by atoms with van der Waals surface area (Å²) in [5.41, 5.74) is -1.18. The van der Waals surface area contributed by atoms with E-state index in [0.717, 1.165) is 0 Å². The predicted molar refractivity (Wildman–Crippen MR) is 25.6 cm³/mol. The van der Waals surface area contributed by atoms with Gasteiger partial charge in [-0.25, -0.2) is 0 Å². The molecule has 0 spiro atoms. The SMILES string of the molecule is [CH2-]C1OC1(C)[N+](=O)[O-].[Y]. The molecule has 0 aromatic carbocycles. The second-order valence-electron chi connectivity index (χ2n) is 1.92. The monoisotopic (exact) mass is 205 g/mol. The number of ether oxygens (including phenoxy) is 1. The Morgan fingerprint density at radius 1 is 1.89 bits per heavy atom. The van der Waals surface area contributed by atoms with Crippen molar-refractivity contribution in [2.75, 3.05) is 0 Å². The van der Waals surface area contributed by atoms with Gasteiger partial charge in [0.2, 0.25) is 0 Å². The van der Waals surface area contributed by atoms with Crippen LogP contribution in [0.1, 0.15) is 6.92 Å². The Morgan fingerprint density at radius 3 is 2.22 bits per heavy atom. The normalized spacial score (nSPS) is 39.1. The molecule has 1 heterocycles. The van der Waals surface area contributed by atoms with E-state index < -0.39 is 16.8 Å². The van der Waals surface area contributed by atoms with Crippen LogP contribution in [-0.2, 0) is 37.4 Å². The van der Waals surface area contributed by atoms with Crippen LogP contribution in [0.2, 0.25) is 0 Å². The summed E-state index contributed by atoms with van der Waals surface area (Å²) in [7, 11) is 0. The Hall–Kier alpha value is 0.464. The summed E-state index contributed by atoms with van der Waals surface area (Å²) in [6.07, 6.45) is -0.461. The van der Waals surface area contributed by atoms with Gasteiger partial charge in [-0.15, -0.1) is 0 Å². The maximum atomic E-state index is 9.93. The zero-order chi connectivity index (χ0) is 6.36. The van der Waals surface area contributed by atoms with Crippen molar-refractivity contribution in [1.82, 2.24) is 0 Å². The molecule has 1 aliphatic rings. The molecule has 4 nitrogen and oxygen atoms in total. The molecule has 0 N–H and O–H groups in total. The van der Waals surface area contributed by atoms with E-state index in [9.17, 15) is 10.1 Å². The second-order valence-corrected chi connectivity index (χ2v) is 1.92. The molecule has 2 unspecified atom stereocenters. The summed E-state index contributed by atoms with van der Waals surface area (Å²) in [5, 5.41) is 9.93. The predicted octanol–water partition coefficient (Wildman–Crippen LogP) is 0.210. The minimum Gasteiger partial charge on any atom is -0.335 e. The standard InChI is InChI=1S/C4H6NO3.Y/c1-3-4(2,8-3)5(6)7;/h3H,1H2,2H3;/q-1;. The largest absolute Gasteiger partial charge is 0.335 e. The van der Waals surface area contributed by atoms with Crippen LogP contribution in [0.3, 0.4) is 0 Å². The molecule has 2 atom stereocenters. The van der Waals surface area contributed by atoms with Crippen LogP contribution in [0.4, 0.5) is 0 Å². The van der Waals surface area contributed by atoms with Gasteiger partial charge in [-0.05, 0) is 0 Å². The van der Waals surface area contributed by atoms with E-state index in [1.807, 2.05) is 0 Å². The molecule has 0 aliphatic carbocycles. The number of hydrogen-bond acceptors (Lipinski definition) is 3.